The number of carbonyl (C=O) groups excluding carboxylic acids is 1. The fraction of sp³-hybridized carbons (Fsp3) is 0.300. The molecule has 0 bridgehead atoms. The van der Waals surface area contributed by atoms with Crippen molar-refractivity contribution in [2.45, 2.75) is 39.2 Å². The van der Waals surface area contributed by atoms with Crippen molar-refractivity contribution in [3.63, 3.8) is 0 Å². The van der Waals surface area contributed by atoms with Crippen LogP contribution in [0.3, 0.4) is 0 Å². The predicted octanol–water partition coefficient (Wildman–Crippen LogP) is 3.73. The molecule has 0 atom stereocenters. The first-order valence-corrected chi connectivity index (χ1v) is 8.97. The lowest BCUT2D eigenvalue weighted by atomic mass is 9.98. The largest absolute Gasteiger partial charge is 0.352 e. The Morgan fingerprint density at radius 1 is 1.04 bits per heavy atom. The Morgan fingerprint density at radius 2 is 1.81 bits per heavy atom. The Hall–Kier alpha value is -3.02. The molecule has 1 aromatic heterocycles. The summed E-state index contributed by atoms with van der Waals surface area (Å²) in [5.74, 6) is 0.689. The molecule has 0 saturated carbocycles. The Balaban J connectivity index is 1.66. The number of nitrogens with one attached hydrogen (secondary N) is 2. The van der Waals surface area contributed by atoms with Crippen LogP contribution in [0.1, 0.15) is 38.2 Å². The normalized spacial score (nSPS) is 10.7. The van der Waals surface area contributed by atoms with Crippen LogP contribution in [0.15, 0.2) is 48.5 Å². The van der Waals surface area contributed by atoms with E-state index in [1.54, 1.807) is 0 Å². The van der Waals surface area contributed by atoms with E-state index in [0.29, 0.717) is 18.8 Å². The van der Waals surface area contributed by atoms with Crippen molar-refractivity contribution in [3.05, 3.63) is 54.1 Å². The Labute approximate surface area is 153 Å². The molecule has 2 N–H and O–H groups in total. The van der Waals surface area contributed by atoms with Crippen LogP contribution in [-0.2, 0) is 11.3 Å². The van der Waals surface area contributed by atoms with Crippen LogP contribution in [0.5, 0.6) is 0 Å². The average Bonchev–Trinajstić information content (AvgIpc) is 3.22. The lowest BCUT2D eigenvalue weighted by Gasteiger charge is -2.09. The van der Waals surface area contributed by atoms with Gasteiger partial charge in [0.05, 0.1) is 0 Å². The first-order valence-electron chi connectivity index (χ1n) is 8.97. The number of hydrogen-bond acceptors (Lipinski definition) is 4. The molecule has 3 aromatic rings. The van der Waals surface area contributed by atoms with Gasteiger partial charge in [-0.2, -0.15) is 5.21 Å². The third-order valence-electron chi connectivity index (χ3n) is 4.28. The van der Waals surface area contributed by atoms with E-state index in [4.69, 9.17) is 0 Å². The van der Waals surface area contributed by atoms with Crippen LogP contribution in [0, 0.1) is 0 Å². The summed E-state index contributed by atoms with van der Waals surface area (Å²) < 4.78 is 0. The zero-order valence-corrected chi connectivity index (χ0v) is 14.9. The van der Waals surface area contributed by atoms with Crippen LogP contribution >= 0.6 is 0 Å². The maximum absolute atomic E-state index is 11.8. The molecule has 0 fully saturated rings. The number of H-pyrrole nitrogens is 1. The Kier molecular flexibility index (Phi) is 6.09. The fourth-order valence-electron chi connectivity index (χ4n) is 2.83. The van der Waals surface area contributed by atoms with Crippen molar-refractivity contribution in [2.24, 2.45) is 0 Å². The molecular weight excluding hydrogens is 326 g/mol. The summed E-state index contributed by atoms with van der Waals surface area (Å²) in [6, 6.07) is 16.1. The van der Waals surface area contributed by atoms with E-state index >= 15 is 0 Å². The molecule has 0 spiro atoms. The van der Waals surface area contributed by atoms with Crippen LogP contribution in [0.2, 0.25) is 0 Å². The number of aromatic amines is 1. The molecule has 1 amide bonds. The standard InChI is InChI=1S/C20H23N5O/c1-2-3-4-9-19(26)21-14-15-10-12-16(13-11-15)17-7-5-6-8-18(17)20-22-24-25-23-20/h5-8,10-13H,2-4,9,14H2,1H3,(H,21,26)(H,22,23,24,25). The van der Waals surface area contributed by atoms with Crippen LogP contribution < -0.4 is 5.32 Å². The van der Waals surface area contributed by atoms with Crippen molar-refractivity contribution >= 4 is 5.91 Å². The number of nitrogens with zero attached hydrogens (tertiary/aromatic N) is 3. The summed E-state index contributed by atoms with van der Waals surface area (Å²) in [6.45, 7) is 2.69. The van der Waals surface area contributed by atoms with E-state index in [0.717, 1.165) is 41.5 Å². The van der Waals surface area contributed by atoms with Crippen molar-refractivity contribution in [3.8, 4) is 22.5 Å². The van der Waals surface area contributed by atoms with Crippen LogP contribution in [0.4, 0.5) is 0 Å². The first-order chi connectivity index (χ1) is 12.8. The maximum Gasteiger partial charge on any atom is 0.220 e. The molecule has 6 nitrogen and oxygen atoms in total. The number of tetrazole rings is 1. The van der Waals surface area contributed by atoms with E-state index in [9.17, 15) is 4.79 Å². The number of rotatable bonds is 8. The second-order valence-electron chi connectivity index (χ2n) is 6.21. The van der Waals surface area contributed by atoms with Gasteiger partial charge in [0.2, 0.25) is 11.7 Å². The molecule has 0 radical (unpaired) electrons. The monoisotopic (exact) mass is 349 g/mol. The number of hydrogen-bond donors (Lipinski definition) is 2. The van der Waals surface area contributed by atoms with E-state index in [1.165, 1.54) is 0 Å². The number of aromatic nitrogens is 4. The zero-order valence-electron chi connectivity index (χ0n) is 14.9. The van der Waals surface area contributed by atoms with Gasteiger partial charge in [0, 0.05) is 18.5 Å². The SMILES string of the molecule is CCCCCC(=O)NCc1ccc(-c2ccccc2-c2nn[nH]n2)cc1. The van der Waals surface area contributed by atoms with Gasteiger partial charge in [-0.25, -0.2) is 0 Å². The minimum Gasteiger partial charge on any atom is -0.352 e. The van der Waals surface area contributed by atoms with Crippen molar-refractivity contribution < 1.29 is 4.79 Å². The molecule has 0 aliphatic carbocycles. The zero-order chi connectivity index (χ0) is 18.2. The molecule has 0 saturated heterocycles. The number of carbonyl (C=O) groups is 1. The summed E-state index contributed by atoms with van der Waals surface area (Å²) >= 11 is 0. The fourth-order valence-corrected chi connectivity index (χ4v) is 2.83. The molecule has 6 heteroatoms. The van der Waals surface area contributed by atoms with Gasteiger partial charge in [-0.15, -0.1) is 10.2 Å². The topological polar surface area (TPSA) is 83.6 Å². The minimum absolute atomic E-state index is 0.116. The van der Waals surface area contributed by atoms with Gasteiger partial charge >= 0.3 is 0 Å². The van der Waals surface area contributed by atoms with E-state index in [-0.39, 0.29) is 5.91 Å². The molecule has 0 aliphatic rings. The highest BCUT2D eigenvalue weighted by molar-refractivity contribution is 5.80. The van der Waals surface area contributed by atoms with Crippen molar-refractivity contribution in [1.29, 1.82) is 0 Å². The highest BCUT2D eigenvalue weighted by Gasteiger charge is 2.10. The van der Waals surface area contributed by atoms with Crippen molar-refractivity contribution in [1.82, 2.24) is 25.9 Å². The number of unbranched alkanes of at least 4 members (excludes halogenated alkanes) is 2. The molecule has 26 heavy (non-hydrogen) atoms. The third kappa shape index (κ3) is 4.53. The highest BCUT2D eigenvalue weighted by atomic mass is 16.1. The first kappa shape index (κ1) is 17.8. The lowest BCUT2D eigenvalue weighted by molar-refractivity contribution is -0.121. The van der Waals surface area contributed by atoms with Gasteiger partial charge in [0.15, 0.2) is 0 Å². The Bertz CT molecular complexity index is 828. The summed E-state index contributed by atoms with van der Waals surface area (Å²) in [4.78, 5) is 11.8. The summed E-state index contributed by atoms with van der Waals surface area (Å²) in [5.41, 5.74) is 4.13. The van der Waals surface area contributed by atoms with Gasteiger partial charge in [-0.05, 0) is 28.3 Å². The molecular formula is C20H23N5O. The van der Waals surface area contributed by atoms with E-state index in [2.05, 4.69) is 45.0 Å². The van der Waals surface area contributed by atoms with Gasteiger partial charge in [-0.3, -0.25) is 4.79 Å². The predicted molar refractivity (Wildman–Crippen MR) is 101 cm³/mol. The van der Waals surface area contributed by atoms with Gasteiger partial charge in [0.1, 0.15) is 0 Å². The second-order valence-corrected chi connectivity index (χ2v) is 6.21. The number of amides is 1. The minimum atomic E-state index is 0.116. The molecule has 3 rings (SSSR count). The third-order valence-corrected chi connectivity index (χ3v) is 4.28. The number of benzene rings is 2. The average molecular weight is 349 g/mol. The Morgan fingerprint density at radius 3 is 2.50 bits per heavy atom. The lowest BCUT2D eigenvalue weighted by Crippen LogP contribution is -2.22. The van der Waals surface area contributed by atoms with E-state index < -0.39 is 0 Å². The summed E-state index contributed by atoms with van der Waals surface area (Å²) in [7, 11) is 0. The highest BCUT2D eigenvalue weighted by Crippen LogP contribution is 2.29. The van der Waals surface area contributed by atoms with E-state index in [1.807, 2.05) is 36.4 Å². The summed E-state index contributed by atoms with van der Waals surface area (Å²) in [6.07, 6.45) is 3.78. The van der Waals surface area contributed by atoms with Gasteiger partial charge < -0.3 is 5.32 Å². The molecule has 2 aromatic carbocycles. The second kappa shape index (κ2) is 8.89. The molecule has 134 valence electrons. The summed E-state index contributed by atoms with van der Waals surface area (Å²) in [5, 5.41) is 17.3. The molecule has 0 aliphatic heterocycles. The smallest absolute Gasteiger partial charge is 0.220 e. The van der Waals surface area contributed by atoms with Crippen LogP contribution in [0.25, 0.3) is 22.5 Å². The van der Waals surface area contributed by atoms with Gasteiger partial charge in [0.25, 0.3) is 0 Å². The van der Waals surface area contributed by atoms with Gasteiger partial charge in [-0.1, -0.05) is 68.3 Å². The quantitative estimate of drug-likeness (QED) is 0.607. The maximum atomic E-state index is 11.8. The van der Waals surface area contributed by atoms with Crippen molar-refractivity contribution in [2.75, 3.05) is 0 Å². The molecule has 1 heterocycles. The van der Waals surface area contributed by atoms with Crippen LogP contribution in [-0.4, -0.2) is 26.5 Å². The molecule has 0 unspecified atom stereocenters.